The predicted octanol–water partition coefficient (Wildman–Crippen LogP) is 2.51. The first-order chi connectivity index (χ1) is 11.4. The summed E-state index contributed by atoms with van der Waals surface area (Å²) in [6, 6.07) is 0.277. The number of likely N-dealkylation sites (tertiary alicyclic amines) is 1. The number of carbonyl (C=O) groups is 1. The maximum absolute atomic E-state index is 13.1. The van der Waals surface area contributed by atoms with Crippen LogP contribution in [-0.2, 0) is 11.8 Å². The van der Waals surface area contributed by atoms with E-state index >= 15 is 0 Å². The summed E-state index contributed by atoms with van der Waals surface area (Å²) in [6.45, 7) is 9.63. The van der Waals surface area contributed by atoms with E-state index in [1.165, 1.54) is 0 Å². The minimum Gasteiger partial charge on any atom is -0.340 e. The second-order valence-electron chi connectivity index (χ2n) is 7.01. The first-order valence-corrected chi connectivity index (χ1v) is 8.68. The Morgan fingerprint density at radius 1 is 1.33 bits per heavy atom. The largest absolute Gasteiger partial charge is 0.340 e. The third-order valence-corrected chi connectivity index (χ3v) is 5.18. The molecule has 0 radical (unpaired) electrons. The molecule has 1 aliphatic rings. The molecule has 2 aromatic heterocycles. The smallest absolute Gasteiger partial charge is 0.230 e. The lowest BCUT2D eigenvalue weighted by Gasteiger charge is -2.34. The van der Waals surface area contributed by atoms with Gasteiger partial charge in [-0.25, -0.2) is 0 Å². The highest BCUT2D eigenvalue weighted by Crippen LogP contribution is 2.28. The van der Waals surface area contributed by atoms with Gasteiger partial charge in [-0.1, -0.05) is 0 Å². The van der Waals surface area contributed by atoms with Crippen molar-refractivity contribution >= 4 is 5.91 Å². The second kappa shape index (κ2) is 6.42. The number of hydrogen-bond acceptors (Lipinski definition) is 3. The van der Waals surface area contributed by atoms with E-state index in [0.29, 0.717) is 0 Å². The summed E-state index contributed by atoms with van der Waals surface area (Å²) in [4.78, 5) is 15.1. The summed E-state index contributed by atoms with van der Waals surface area (Å²) in [5.74, 6) is 0.0413. The van der Waals surface area contributed by atoms with Crippen molar-refractivity contribution in [1.29, 1.82) is 0 Å². The van der Waals surface area contributed by atoms with Crippen LogP contribution in [0.1, 0.15) is 54.2 Å². The van der Waals surface area contributed by atoms with Crippen LogP contribution in [0.25, 0.3) is 0 Å². The molecule has 6 heteroatoms. The Labute approximate surface area is 143 Å². The van der Waals surface area contributed by atoms with Crippen LogP contribution in [0.15, 0.2) is 12.4 Å². The molecular weight excluding hydrogens is 302 g/mol. The van der Waals surface area contributed by atoms with Crippen molar-refractivity contribution in [1.82, 2.24) is 24.5 Å². The van der Waals surface area contributed by atoms with E-state index in [-0.39, 0.29) is 17.9 Å². The van der Waals surface area contributed by atoms with E-state index in [4.69, 9.17) is 0 Å². The molecule has 0 aromatic carbocycles. The number of amides is 1. The summed E-state index contributed by atoms with van der Waals surface area (Å²) < 4.78 is 3.87. The lowest BCUT2D eigenvalue weighted by atomic mass is 9.96. The van der Waals surface area contributed by atoms with Gasteiger partial charge in [0.25, 0.3) is 0 Å². The van der Waals surface area contributed by atoms with Crippen molar-refractivity contribution in [2.24, 2.45) is 7.05 Å². The Hall–Kier alpha value is -2.11. The molecule has 3 rings (SSSR count). The van der Waals surface area contributed by atoms with Gasteiger partial charge in [0.1, 0.15) is 0 Å². The van der Waals surface area contributed by atoms with Crippen molar-refractivity contribution in [2.75, 3.05) is 13.1 Å². The summed E-state index contributed by atoms with van der Waals surface area (Å²) in [7, 11) is 1.93. The maximum Gasteiger partial charge on any atom is 0.230 e. The van der Waals surface area contributed by atoms with Crippen LogP contribution in [0.3, 0.4) is 0 Å². The van der Waals surface area contributed by atoms with Gasteiger partial charge >= 0.3 is 0 Å². The molecule has 1 fully saturated rings. The van der Waals surface area contributed by atoms with Gasteiger partial charge in [0.05, 0.1) is 23.9 Å². The monoisotopic (exact) mass is 329 g/mol. The number of hydrogen-bond donors (Lipinski definition) is 0. The van der Waals surface area contributed by atoms with E-state index in [1.54, 1.807) is 0 Å². The van der Waals surface area contributed by atoms with Crippen LogP contribution in [-0.4, -0.2) is 43.5 Å². The molecule has 0 bridgehead atoms. The van der Waals surface area contributed by atoms with Crippen LogP contribution in [0.2, 0.25) is 0 Å². The van der Waals surface area contributed by atoms with Crippen molar-refractivity contribution in [3.05, 3.63) is 34.9 Å². The van der Waals surface area contributed by atoms with E-state index in [9.17, 15) is 4.79 Å². The van der Waals surface area contributed by atoms with Gasteiger partial charge in [0.2, 0.25) is 5.91 Å². The highest BCUT2D eigenvalue weighted by atomic mass is 16.2. The lowest BCUT2D eigenvalue weighted by Crippen LogP contribution is -2.42. The fraction of sp³-hybridized carbons (Fsp3) is 0.611. The number of aryl methyl sites for hydroxylation is 3. The molecule has 130 valence electrons. The van der Waals surface area contributed by atoms with Crippen molar-refractivity contribution in [3.63, 3.8) is 0 Å². The summed E-state index contributed by atoms with van der Waals surface area (Å²) in [5.41, 5.74) is 4.25. The van der Waals surface area contributed by atoms with Crippen LogP contribution in [0, 0.1) is 20.8 Å². The molecular formula is C18H27N5O. The van der Waals surface area contributed by atoms with Gasteiger partial charge in [0.15, 0.2) is 0 Å². The SMILES string of the molecule is Cc1cnn([C@H]2CCCN(C(=O)[C@@H](C)c3c(C)nn(C)c3C)C2)c1. The van der Waals surface area contributed by atoms with Gasteiger partial charge in [-0.05, 0) is 46.1 Å². The fourth-order valence-electron chi connectivity index (χ4n) is 3.82. The molecule has 2 atom stereocenters. The zero-order valence-corrected chi connectivity index (χ0v) is 15.3. The van der Waals surface area contributed by atoms with Crippen LogP contribution in [0.4, 0.5) is 0 Å². The molecule has 0 spiro atoms. The average Bonchev–Trinajstić information content (AvgIpc) is 3.10. The Morgan fingerprint density at radius 2 is 2.08 bits per heavy atom. The molecule has 1 amide bonds. The quantitative estimate of drug-likeness (QED) is 0.869. The Balaban J connectivity index is 1.76. The molecule has 3 heterocycles. The molecule has 6 nitrogen and oxygen atoms in total. The molecule has 1 saturated heterocycles. The van der Waals surface area contributed by atoms with E-state index in [2.05, 4.69) is 16.4 Å². The molecule has 2 aromatic rings. The number of aromatic nitrogens is 4. The number of carbonyl (C=O) groups excluding carboxylic acids is 1. The Morgan fingerprint density at radius 3 is 2.67 bits per heavy atom. The first kappa shape index (κ1) is 16.7. The van der Waals surface area contributed by atoms with Crippen molar-refractivity contribution in [3.8, 4) is 0 Å². The van der Waals surface area contributed by atoms with E-state index in [1.807, 2.05) is 55.2 Å². The van der Waals surface area contributed by atoms with E-state index in [0.717, 1.165) is 48.4 Å². The van der Waals surface area contributed by atoms with Crippen LogP contribution >= 0.6 is 0 Å². The predicted molar refractivity (Wildman–Crippen MR) is 92.9 cm³/mol. The molecule has 1 aliphatic heterocycles. The molecule has 0 aliphatic carbocycles. The molecule has 0 saturated carbocycles. The zero-order chi connectivity index (χ0) is 17.4. The average molecular weight is 329 g/mol. The van der Waals surface area contributed by atoms with Gasteiger partial charge in [-0.15, -0.1) is 0 Å². The second-order valence-corrected chi connectivity index (χ2v) is 7.01. The van der Waals surface area contributed by atoms with Crippen molar-refractivity contribution < 1.29 is 4.79 Å². The topological polar surface area (TPSA) is 56.0 Å². The normalized spacial score (nSPS) is 19.5. The van der Waals surface area contributed by atoms with Gasteiger partial charge < -0.3 is 4.90 Å². The first-order valence-electron chi connectivity index (χ1n) is 8.68. The summed E-state index contributed by atoms with van der Waals surface area (Å²) in [5, 5.41) is 8.89. The molecule has 24 heavy (non-hydrogen) atoms. The zero-order valence-electron chi connectivity index (χ0n) is 15.3. The highest BCUT2D eigenvalue weighted by Gasteiger charge is 2.30. The Bertz CT molecular complexity index is 745. The third-order valence-electron chi connectivity index (χ3n) is 5.18. The van der Waals surface area contributed by atoms with Crippen LogP contribution < -0.4 is 0 Å². The number of rotatable bonds is 3. The minimum atomic E-state index is -0.156. The third kappa shape index (κ3) is 2.97. The fourth-order valence-corrected chi connectivity index (χ4v) is 3.82. The lowest BCUT2D eigenvalue weighted by molar-refractivity contribution is -0.134. The van der Waals surface area contributed by atoms with Crippen LogP contribution in [0.5, 0.6) is 0 Å². The molecule has 0 N–H and O–H groups in total. The standard InChI is InChI=1S/C18H27N5O/c1-12-9-19-23(10-12)16-7-6-8-22(11-16)18(24)13(2)17-14(3)20-21(5)15(17)4/h9-10,13,16H,6-8,11H2,1-5H3/t13-,16-/m0/s1. The van der Waals surface area contributed by atoms with Gasteiger partial charge in [-0.2, -0.15) is 10.2 Å². The highest BCUT2D eigenvalue weighted by molar-refractivity contribution is 5.84. The van der Waals surface area contributed by atoms with E-state index < -0.39 is 0 Å². The summed E-state index contributed by atoms with van der Waals surface area (Å²) >= 11 is 0. The Kier molecular flexibility index (Phi) is 4.47. The number of piperidine rings is 1. The minimum absolute atomic E-state index is 0.156. The summed E-state index contributed by atoms with van der Waals surface area (Å²) in [6.07, 6.45) is 6.04. The number of nitrogens with zero attached hydrogens (tertiary/aromatic N) is 5. The molecule has 0 unspecified atom stereocenters. The van der Waals surface area contributed by atoms with Crippen molar-refractivity contribution in [2.45, 2.75) is 52.5 Å². The van der Waals surface area contributed by atoms with Gasteiger partial charge in [0, 0.05) is 37.6 Å². The maximum atomic E-state index is 13.1. The van der Waals surface area contributed by atoms with Gasteiger partial charge in [-0.3, -0.25) is 14.2 Å².